The first-order valence-electron chi connectivity index (χ1n) is 7.28. The zero-order valence-electron chi connectivity index (χ0n) is 12.1. The molecule has 3 rings (SSSR count). The minimum Gasteiger partial charge on any atom is -0.369 e. The molecule has 1 aliphatic heterocycles. The van der Waals surface area contributed by atoms with Crippen molar-refractivity contribution in [1.82, 2.24) is 10.3 Å². The Bertz CT molecular complexity index is 652. The molecule has 2 heterocycles. The molecule has 1 fully saturated rings. The lowest BCUT2D eigenvalue weighted by molar-refractivity contribution is 0.0250. The van der Waals surface area contributed by atoms with Crippen LogP contribution in [0.15, 0.2) is 42.6 Å². The molecule has 0 saturated carbocycles. The number of Topliss-reactive ketones (excluding diaryl/α,β-unsaturated/α-hetero) is 1. The zero-order valence-corrected chi connectivity index (χ0v) is 12.8. The van der Waals surface area contributed by atoms with Gasteiger partial charge in [-0.15, -0.1) is 0 Å². The van der Waals surface area contributed by atoms with Crippen LogP contribution in [0.2, 0.25) is 5.02 Å². The average molecular weight is 317 g/mol. The van der Waals surface area contributed by atoms with E-state index in [1.165, 1.54) is 0 Å². The fraction of sp³-hybridized carbons (Fsp3) is 0.294. The van der Waals surface area contributed by atoms with E-state index in [0.717, 1.165) is 24.3 Å². The minimum absolute atomic E-state index is 0.00793. The van der Waals surface area contributed by atoms with Gasteiger partial charge in [-0.2, -0.15) is 0 Å². The van der Waals surface area contributed by atoms with Crippen molar-refractivity contribution in [2.75, 3.05) is 19.7 Å². The summed E-state index contributed by atoms with van der Waals surface area (Å²) in [5.74, 6) is 0.0348. The number of nitrogens with zero attached hydrogens (tertiary/aromatic N) is 1. The third kappa shape index (κ3) is 3.71. The van der Waals surface area contributed by atoms with E-state index in [9.17, 15) is 4.79 Å². The van der Waals surface area contributed by atoms with E-state index in [1.54, 1.807) is 30.5 Å². The number of rotatable bonds is 4. The minimum atomic E-state index is -0.00793. The van der Waals surface area contributed by atoms with E-state index in [0.29, 0.717) is 23.6 Å². The van der Waals surface area contributed by atoms with Crippen molar-refractivity contribution in [1.29, 1.82) is 0 Å². The summed E-state index contributed by atoms with van der Waals surface area (Å²) in [4.78, 5) is 16.7. The fourth-order valence-corrected chi connectivity index (χ4v) is 2.63. The van der Waals surface area contributed by atoms with Gasteiger partial charge in [0, 0.05) is 36.3 Å². The molecule has 1 atom stereocenters. The number of aromatic nitrogens is 1. The Morgan fingerprint density at radius 1 is 1.36 bits per heavy atom. The summed E-state index contributed by atoms with van der Waals surface area (Å²) < 4.78 is 5.66. The smallest absolute Gasteiger partial charge is 0.167 e. The van der Waals surface area contributed by atoms with E-state index in [2.05, 4.69) is 10.3 Å². The summed E-state index contributed by atoms with van der Waals surface area (Å²) in [7, 11) is 0. The Morgan fingerprint density at radius 2 is 2.27 bits per heavy atom. The molecule has 1 aromatic heterocycles. The molecule has 0 bridgehead atoms. The van der Waals surface area contributed by atoms with Gasteiger partial charge in [0.2, 0.25) is 0 Å². The van der Waals surface area contributed by atoms with Crippen molar-refractivity contribution in [3.05, 3.63) is 64.4 Å². The quantitative estimate of drug-likeness (QED) is 0.881. The summed E-state index contributed by atoms with van der Waals surface area (Å²) in [6.07, 6.45) is 2.05. The SMILES string of the molecule is O=C(Cc1ccc([C@H]2CNCCO2)nc1)c1cccc(Cl)c1. The summed E-state index contributed by atoms with van der Waals surface area (Å²) in [5.41, 5.74) is 2.40. The molecule has 114 valence electrons. The number of hydrogen-bond acceptors (Lipinski definition) is 4. The van der Waals surface area contributed by atoms with Crippen LogP contribution in [-0.4, -0.2) is 30.5 Å². The summed E-state index contributed by atoms with van der Waals surface area (Å²) in [6, 6.07) is 10.9. The topological polar surface area (TPSA) is 51.2 Å². The summed E-state index contributed by atoms with van der Waals surface area (Å²) in [5, 5.41) is 3.85. The molecular weight excluding hydrogens is 300 g/mol. The van der Waals surface area contributed by atoms with Crippen molar-refractivity contribution >= 4 is 17.4 Å². The Labute approximate surface area is 134 Å². The third-order valence-electron chi connectivity index (χ3n) is 3.62. The first kappa shape index (κ1) is 15.2. The van der Waals surface area contributed by atoms with Gasteiger partial charge >= 0.3 is 0 Å². The monoisotopic (exact) mass is 316 g/mol. The third-order valence-corrected chi connectivity index (χ3v) is 3.85. The standard InChI is InChI=1S/C17H17ClN2O2/c18-14-3-1-2-13(9-14)16(21)8-12-4-5-15(20-10-12)17-11-19-6-7-22-17/h1-5,9-10,17,19H,6-8,11H2/t17-/m1/s1. The summed E-state index contributed by atoms with van der Waals surface area (Å²) >= 11 is 5.91. The molecule has 0 aliphatic carbocycles. The molecule has 0 spiro atoms. The molecule has 5 heteroatoms. The maximum atomic E-state index is 12.2. The first-order valence-corrected chi connectivity index (χ1v) is 7.66. The predicted octanol–water partition coefficient (Wildman–Crippen LogP) is 2.82. The fourth-order valence-electron chi connectivity index (χ4n) is 2.44. The lowest BCUT2D eigenvalue weighted by Gasteiger charge is -2.23. The Hall–Kier alpha value is -1.75. The Balaban J connectivity index is 1.66. The number of hydrogen-bond donors (Lipinski definition) is 1. The number of morpholine rings is 1. The first-order chi connectivity index (χ1) is 10.7. The van der Waals surface area contributed by atoms with Crippen LogP contribution in [0.1, 0.15) is 27.7 Å². The molecule has 2 aromatic rings. The van der Waals surface area contributed by atoms with E-state index in [-0.39, 0.29) is 11.9 Å². The van der Waals surface area contributed by atoms with Gasteiger partial charge in [-0.3, -0.25) is 9.78 Å². The van der Waals surface area contributed by atoms with Gasteiger partial charge in [-0.25, -0.2) is 0 Å². The van der Waals surface area contributed by atoms with E-state index in [4.69, 9.17) is 16.3 Å². The lowest BCUT2D eigenvalue weighted by Crippen LogP contribution is -2.33. The van der Waals surface area contributed by atoms with Crippen molar-refractivity contribution in [3.63, 3.8) is 0 Å². The number of ketones is 1. The average Bonchev–Trinajstić information content (AvgIpc) is 2.56. The molecule has 1 aromatic carbocycles. The molecule has 0 unspecified atom stereocenters. The molecular formula is C17H17ClN2O2. The number of halogens is 1. The number of benzene rings is 1. The van der Waals surface area contributed by atoms with Gasteiger partial charge in [-0.05, 0) is 23.8 Å². The highest BCUT2D eigenvalue weighted by Crippen LogP contribution is 2.18. The zero-order chi connectivity index (χ0) is 15.4. The van der Waals surface area contributed by atoms with Crippen molar-refractivity contribution in [2.24, 2.45) is 0 Å². The van der Waals surface area contributed by atoms with Gasteiger partial charge in [0.1, 0.15) is 6.10 Å². The highest BCUT2D eigenvalue weighted by Gasteiger charge is 2.17. The van der Waals surface area contributed by atoms with E-state index in [1.807, 2.05) is 12.1 Å². The van der Waals surface area contributed by atoms with Gasteiger partial charge < -0.3 is 10.1 Å². The van der Waals surface area contributed by atoms with Gasteiger partial charge in [0.25, 0.3) is 0 Å². The maximum absolute atomic E-state index is 12.2. The molecule has 22 heavy (non-hydrogen) atoms. The Morgan fingerprint density at radius 3 is 2.95 bits per heavy atom. The second-order valence-corrected chi connectivity index (χ2v) is 5.70. The second-order valence-electron chi connectivity index (χ2n) is 5.27. The number of carbonyl (C=O) groups is 1. The van der Waals surface area contributed by atoms with Crippen LogP contribution in [0, 0.1) is 0 Å². The van der Waals surface area contributed by atoms with Crippen LogP contribution < -0.4 is 5.32 Å². The maximum Gasteiger partial charge on any atom is 0.167 e. The molecule has 1 aliphatic rings. The number of nitrogens with one attached hydrogen (secondary N) is 1. The molecule has 1 N–H and O–H groups in total. The lowest BCUT2D eigenvalue weighted by atomic mass is 10.0. The molecule has 0 amide bonds. The molecule has 1 saturated heterocycles. The molecule has 0 radical (unpaired) electrons. The van der Waals surface area contributed by atoms with Crippen LogP contribution in [0.3, 0.4) is 0 Å². The van der Waals surface area contributed by atoms with E-state index >= 15 is 0 Å². The van der Waals surface area contributed by atoms with Crippen molar-refractivity contribution < 1.29 is 9.53 Å². The number of pyridine rings is 1. The predicted molar refractivity (Wildman–Crippen MR) is 85.3 cm³/mol. The van der Waals surface area contributed by atoms with Gasteiger partial charge in [-0.1, -0.05) is 29.8 Å². The van der Waals surface area contributed by atoms with Gasteiger partial charge in [0.15, 0.2) is 5.78 Å². The van der Waals surface area contributed by atoms with Crippen LogP contribution in [-0.2, 0) is 11.2 Å². The number of ether oxygens (including phenoxy) is 1. The van der Waals surface area contributed by atoms with E-state index < -0.39 is 0 Å². The van der Waals surface area contributed by atoms with Crippen LogP contribution in [0.4, 0.5) is 0 Å². The second kappa shape index (κ2) is 7.01. The largest absolute Gasteiger partial charge is 0.369 e. The van der Waals surface area contributed by atoms with Crippen LogP contribution >= 0.6 is 11.6 Å². The number of carbonyl (C=O) groups excluding carboxylic acids is 1. The van der Waals surface area contributed by atoms with Crippen LogP contribution in [0.5, 0.6) is 0 Å². The van der Waals surface area contributed by atoms with Crippen LogP contribution in [0.25, 0.3) is 0 Å². The molecule has 4 nitrogen and oxygen atoms in total. The Kier molecular flexibility index (Phi) is 4.83. The van der Waals surface area contributed by atoms with Gasteiger partial charge in [0.05, 0.1) is 12.3 Å². The normalized spacial score (nSPS) is 18.1. The highest BCUT2D eigenvalue weighted by atomic mass is 35.5. The highest BCUT2D eigenvalue weighted by molar-refractivity contribution is 6.31. The van der Waals surface area contributed by atoms with Crippen molar-refractivity contribution in [3.8, 4) is 0 Å². The summed E-state index contributed by atoms with van der Waals surface area (Å²) in [6.45, 7) is 2.35. The van der Waals surface area contributed by atoms with Crippen molar-refractivity contribution in [2.45, 2.75) is 12.5 Å².